The number of nitrogens with zero attached hydrogens (tertiary/aromatic N) is 1. The van der Waals surface area contributed by atoms with E-state index in [1.807, 2.05) is 6.92 Å². The largest absolute Gasteiger partial charge is 0.445 e. The Morgan fingerprint density at radius 2 is 2.11 bits per heavy atom. The van der Waals surface area contributed by atoms with Crippen LogP contribution in [0.5, 0.6) is 0 Å². The van der Waals surface area contributed by atoms with Crippen LogP contribution in [0, 0.1) is 6.92 Å². The predicted molar refractivity (Wildman–Crippen MR) is 72.0 cm³/mol. The molecule has 1 amide bonds. The third-order valence-electron chi connectivity index (χ3n) is 2.56. The Bertz CT molecular complexity index is 408. The lowest BCUT2D eigenvalue weighted by Crippen LogP contribution is -2.25. The molecule has 0 aliphatic heterocycles. The van der Waals surface area contributed by atoms with Gasteiger partial charge < -0.3 is 9.73 Å². The Morgan fingerprint density at radius 3 is 2.61 bits per heavy atom. The molecule has 0 unspecified atom stereocenters. The number of carbonyl (C=O) groups excluding carboxylic acids is 1. The zero-order valence-corrected chi connectivity index (χ0v) is 12.2. The number of nitrogens with one attached hydrogen (secondary N) is 1. The Hall–Kier alpha value is -1.03. The van der Waals surface area contributed by atoms with Gasteiger partial charge in [0.15, 0.2) is 5.89 Å². The fourth-order valence-corrected chi connectivity index (χ4v) is 1.60. The summed E-state index contributed by atoms with van der Waals surface area (Å²) in [7, 11) is 0. The van der Waals surface area contributed by atoms with E-state index in [1.54, 1.807) is 0 Å². The van der Waals surface area contributed by atoms with Crippen LogP contribution >= 0.6 is 11.6 Å². The number of alkyl halides is 1. The van der Waals surface area contributed by atoms with Gasteiger partial charge >= 0.3 is 0 Å². The van der Waals surface area contributed by atoms with Gasteiger partial charge in [-0.3, -0.25) is 4.79 Å². The highest BCUT2D eigenvalue weighted by Crippen LogP contribution is 2.24. The fraction of sp³-hybridized carbons (Fsp3) is 0.692. The first-order valence-electron chi connectivity index (χ1n) is 6.14. The number of halogens is 1. The molecule has 1 aromatic heterocycles. The summed E-state index contributed by atoms with van der Waals surface area (Å²) in [5, 5.41) is 2.73. The van der Waals surface area contributed by atoms with Crippen LogP contribution in [0.25, 0.3) is 0 Å². The van der Waals surface area contributed by atoms with Gasteiger partial charge in [0.05, 0.1) is 5.69 Å². The van der Waals surface area contributed by atoms with E-state index in [0.29, 0.717) is 6.54 Å². The first-order valence-corrected chi connectivity index (χ1v) is 6.67. The summed E-state index contributed by atoms with van der Waals surface area (Å²) in [6.07, 6.45) is 1.60. The second-order valence-electron chi connectivity index (χ2n) is 5.36. The van der Waals surface area contributed by atoms with Gasteiger partial charge in [-0.25, -0.2) is 4.98 Å². The van der Waals surface area contributed by atoms with Crippen molar-refractivity contribution in [3.8, 4) is 0 Å². The number of aromatic nitrogens is 1. The zero-order chi connectivity index (χ0) is 13.8. The lowest BCUT2D eigenvalue weighted by molar-refractivity contribution is -0.118. The minimum absolute atomic E-state index is 0.00943. The first-order chi connectivity index (χ1) is 8.34. The van der Waals surface area contributed by atoms with Crippen LogP contribution in [0.1, 0.15) is 44.5 Å². The van der Waals surface area contributed by atoms with Crippen LogP contribution in [-0.2, 0) is 16.6 Å². The number of aryl methyl sites for hydroxylation is 2. The maximum absolute atomic E-state index is 10.9. The van der Waals surface area contributed by atoms with Crippen molar-refractivity contribution < 1.29 is 9.21 Å². The van der Waals surface area contributed by atoms with E-state index in [-0.39, 0.29) is 17.2 Å². The van der Waals surface area contributed by atoms with Crippen LogP contribution in [0.2, 0.25) is 0 Å². The molecule has 0 aliphatic carbocycles. The van der Waals surface area contributed by atoms with E-state index in [9.17, 15) is 4.79 Å². The van der Waals surface area contributed by atoms with Crippen molar-refractivity contribution in [2.75, 3.05) is 12.4 Å². The summed E-state index contributed by atoms with van der Waals surface area (Å²) >= 11 is 5.39. The Kier molecular flexibility index (Phi) is 5.20. The number of hydrogen-bond donors (Lipinski definition) is 1. The summed E-state index contributed by atoms with van der Waals surface area (Å²) in [6.45, 7) is 8.77. The van der Waals surface area contributed by atoms with Gasteiger partial charge in [-0.1, -0.05) is 20.8 Å². The highest BCUT2D eigenvalue weighted by Gasteiger charge is 2.21. The third-order valence-corrected chi connectivity index (χ3v) is 2.80. The second kappa shape index (κ2) is 6.23. The van der Waals surface area contributed by atoms with Gasteiger partial charge in [0, 0.05) is 18.4 Å². The summed E-state index contributed by atoms with van der Waals surface area (Å²) in [5.41, 5.74) is 0.860. The molecule has 0 spiro atoms. The maximum Gasteiger partial charge on any atom is 0.234 e. The van der Waals surface area contributed by atoms with E-state index in [1.165, 1.54) is 0 Å². The van der Waals surface area contributed by atoms with Crippen LogP contribution in [0.3, 0.4) is 0 Å². The van der Waals surface area contributed by atoms with Crippen molar-refractivity contribution in [3.05, 3.63) is 17.3 Å². The molecular weight excluding hydrogens is 252 g/mol. The molecule has 0 atom stereocenters. The predicted octanol–water partition coefficient (Wildman–Crippen LogP) is 2.57. The van der Waals surface area contributed by atoms with E-state index in [0.717, 1.165) is 30.2 Å². The summed E-state index contributed by atoms with van der Waals surface area (Å²) in [5.74, 6) is 1.54. The average Bonchev–Trinajstić information content (AvgIpc) is 2.66. The summed E-state index contributed by atoms with van der Waals surface area (Å²) < 4.78 is 5.76. The minimum Gasteiger partial charge on any atom is -0.445 e. The molecule has 1 aromatic rings. The quantitative estimate of drug-likeness (QED) is 0.662. The van der Waals surface area contributed by atoms with Gasteiger partial charge in [0.2, 0.25) is 5.91 Å². The van der Waals surface area contributed by atoms with E-state index < -0.39 is 0 Å². The number of hydrogen-bond acceptors (Lipinski definition) is 3. The van der Waals surface area contributed by atoms with Gasteiger partial charge in [-0.15, -0.1) is 11.6 Å². The molecule has 0 bridgehead atoms. The minimum atomic E-state index is -0.138. The van der Waals surface area contributed by atoms with Crippen molar-refractivity contribution >= 4 is 17.5 Å². The third kappa shape index (κ3) is 4.33. The van der Waals surface area contributed by atoms with Crippen LogP contribution in [-0.4, -0.2) is 23.3 Å². The molecule has 5 heteroatoms. The number of oxazole rings is 1. The Balaban J connectivity index is 2.48. The lowest BCUT2D eigenvalue weighted by atomic mass is 9.97. The zero-order valence-electron chi connectivity index (χ0n) is 11.5. The van der Waals surface area contributed by atoms with Gasteiger partial charge in [0.25, 0.3) is 0 Å². The van der Waals surface area contributed by atoms with Crippen molar-refractivity contribution in [1.29, 1.82) is 0 Å². The van der Waals surface area contributed by atoms with Gasteiger partial charge in [-0.2, -0.15) is 0 Å². The van der Waals surface area contributed by atoms with Crippen molar-refractivity contribution in [3.63, 3.8) is 0 Å². The molecule has 4 nitrogen and oxygen atoms in total. The normalized spacial score (nSPS) is 11.6. The van der Waals surface area contributed by atoms with Crippen molar-refractivity contribution in [2.24, 2.45) is 0 Å². The smallest absolute Gasteiger partial charge is 0.234 e. The molecule has 1 heterocycles. The summed E-state index contributed by atoms with van der Waals surface area (Å²) in [4.78, 5) is 15.4. The van der Waals surface area contributed by atoms with E-state index in [4.69, 9.17) is 16.0 Å². The van der Waals surface area contributed by atoms with Crippen LogP contribution in [0.4, 0.5) is 0 Å². The molecule has 0 aromatic carbocycles. The van der Waals surface area contributed by atoms with Crippen molar-refractivity contribution in [2.45, 2.75) is 46.0 Å². The number of rotatable bonds is 5. The molecule has 1 N–H and O–H groups in total. The first kappa shape index (κ1) is 15.0. The molecule has 0 aliphatic rings. The van der Waals surface area contributed by atoms with E-state index >= 15 is 0 Å². The SMILES string of the molecule is Cc1nc(C(C)(C)C)oc1CCCNC(=O)CCl. The lowest BCUT2D eigenvalue weighted by Gasteiger charge is -2.12. The van der Waals surface area contributed by atoms with Crippen molar-refractivity contribution in [1.82, 2.24) is 10.3 Å². The highest BCUT2D eigenvalue weighted by atomic mass is 35.5. The second-order valence-corrected chi connectivity index (χ2v) is 5.63. The topological polar surface area (TPSA) is 55.1 Å². The highest BCUT2D eigenvalue weighted by molar-refractivity contribution is 6.27. The molecule has 1 rings (SSSR count). The Morgan fingerprint density at radius 1 is 1.44 bits per heavy atom. The molecule has 0 saturated carbocycles. The molecule has 0 radical (unpaired) electrons. The summed E-state index contributed by atoms with van der Waals surface area (Å²) in [6, 6.07) is 0. The molecule has 0 fully saturated rings. The van der Waals surface area contributed by atoms with E-state index in [2.05, 4.69) is 31.1 Å². The standard InChI is InChI=1S/C13H21ClN2O2/c1-9-10(6-5-7-15-11(17)8-14)18-12(16-9)13(2,3)4/h5-8H2,1-4H3,(H,15,17). The fourth-order valence-electron chi connectivity index (χ4n) is 1.50. The average molecular weight is 273 g/mol. The molecular formula is C13H21ClN2O2. The molecule has 18 heavy (non-hydrogen) atoms. The van der Waals surface area contributed by atoms with Crippen LogP contribution in [0.15, 0.2) is 4.42 Å². The molecule has 0 saturated heterocycles. The monoisotopic (exact) mass is 272 g/mol. The van der Waals surface area contributed by atoms with Gasteiger partial charge in [-0.05, 0) is 13.3 Å². The Labute approximate surface area is 113 Å². The number of amides is 1. The van der Waals surface area contributed by atoms with Crippen LogP contribution < -0.4 is 5.32 Å². The molecule has 102 valence electrons. The number of carbonyl (C=O) groups is 1. The maximum atomic E-state index is 10.9. The van der Waals surface area contributed by atoms with Gasteiger partial charge in [0.1, 0.15) is 11.6 Å².